The van der Waals surface area contributed by atoms with Gasteiger partial charge in [-0.25, -0.2) is 4.39 Å². The molecule has 1 aliphatic rings. The van der Waals surface area contributed by atoms with E-state index in [9.17, 15) is 4.79 Å². The second kappa shape index (κ2) is 11.8. The van der Waals surface area contributed by atoms with Gasteiger partial charge < -0.3 is 23.9 Å². The van der Waals surface area contributed by atoms with Gasteiger partial charge in [-0.05, 0) is 56.3 Å². The number of carbonyl (C=O) groups is 1. The van der Waals surface area contributed by atoms with Crippen LogP contribution < -0.4 is 10.1 Å². The average molecular weight is 597 g/mol. The maximum Gasteiger partial charge on any atom is 0.251 e. The summed E-state index contributed by atoms with van der Waals surface area (Å²) in [4.78, 5) is 12.7. The molecule has 1 amide bonds. The van der Waals surface area contributed by atoms with Crippen LogP contribution in [0.3, 0.4) is 0 Å². The Morgan fingerprint density at radius 1 is 1.20 bits per heavy atom. The average Bonchev–Trinajstić information content (AvgIpc) is 3.56. The van der Waals surface area contributed by atoms with Crippen molar-refractivity contribution in [1.82, 2.24) is 15.5 Å². The molecule has 0 spiro atoms. The van der Waals surface area contributed by atoms with Crippen LogP contribution in [0.4, 0.5) is 4.39 Å². The molecule has 1 saturated heterocycles. The van der Waals surface area contributed by atoms with Crippen LogP contribution in [0.25, 0.3) is 11.5 Å². The second-order valence-corrected chi connectivity index (χ2v) is 10.5. The van der Waals surface area contributed by atoms with Crippen molar-refractivity contribution in [3.63, 3.8) is 0 Å². The minimum atomic E-state index is -0.727. The monoisotopic (exact) mass is 596 g/mol. The molecule has 2 heterocycles. The highest BCUT2D eigenvalue weighted by molar-refractivity contribution is 6.32. The summed E-state index contributed by atoms with van der Waals surface area (Å²) in [7, 11) is 0. The van der Waals surface area contributed by atoms with Crippen molar-refractivity contribution >= 4 is 29.1 Å². The number of halogens is 3. The molecule has 9 nitrogen and oxygen atoms in total. The van der Waals surface area contributed by atoms with Gasteiger partial charge in [0.1, 0.15) is 11.9 Å². The van der Waals surface area contributed by atoms with Gasteiger partial charge in [0.05, 0.1) is 29.7 Å². The van der Waals surface area contributed by atoms with Gasteiger partial charge in [0.15, 0.2) is 17.4 Å². The Labute approximate surface area is 244 Å². The van der Waals surface area contributed by atoms with E-state index in [1.807, 2.05) is 19.9 Å². The fourth-order valence-electron chi connectivity index (χ4n) is 4.18. The first kappa shape index (κ1) is 28.5. The first-order valence-electron chi connectivity index (χ1n) is 12.5. The molecule has 0 radical (unpaired) electrons. The number of hydrogen-bond acceptors (Lipinski definition) is 8. The number of aromatic nitrogens is 2. The summed E-state index contributed by atoms with van der Waals surface area (Å²) in [6, 6.07) is 16.0. The van der Waals surface area contributed by atoms with Crippen molar-refractivity contribution in [2.24, 2.45) is 0 Å². The lowest BCUT2D eigenvalue weighted by Crippen LogP contribution is -2.34. The summed E-state index contributed by atoms with van der Waals surface area (Å²) < 4.78 is 38.1. The molecule has 1 aromatic heterocycles. The molecule has 41 heavy (non-hydrogen) atoms. The van der Waals surface area contributed by atoms with Crippen LogP contribution in [-0.2, 0) is 15.9 Å². The quantitative estimate of drug-likeness (QED) is 0.251. The summed E-state index contributed by atoms with van der Waals surface area (Å²) in [5, 5.41) is 20.4. The lowest BCUT2D eigenvalue weighted by atomic mass is 10.1. The van der Waals surface area contributed by atoms with Crippen molar-refractivity contribution in [3.05, 3.63) is 93.0 Å². The van der Waals surface area contributed by atoms with Gasteiger partial charge in [0.2, 0.25) is 11.8 Å². The summed E-state index contributed by atoms with van der Waals surface area (Å²) in [6.45, 7) is 4.32. The van der Waals surface area contributed by atoms with Crippen LogP contribution in [0.15, 0.2) is 59.0 Å². The number of ether oxygens (including phenoxy) is 3. The smallest absolute Gasteiger partial charge is 0.251 e. The third kappa shape index (κ3) is 6.84. The number of nitrogens with zero attached hydrogens (tertiary/aromatic N) is 3. The molecule has 0 aliphatic carbocycles. The topological polar surface area (TPSA) is 120 Å². The molecule has 4 aromatic rings. The number of nitriles is 1. The van der Waals surface area contributed by atoms with E-state index in [0.717, 1.165) is 0 Å². The number of rotatable bonds is 8. The lowest BCUT2D eigenvalue weighted by molar-refractivity contribution is -0.137. The summed E-state index contributed by atoms with van der Waals surface area (Å²) in [6.07, 6.45) is -0.291. The first-order chi connectivity index (χ1) is 19.6. The van der Waals surface area contributed by atoms with E-state index >= 15 is 4.39 Å². The maximum absolute atomic E-state index is 15.4. The number of carbonyl (C=O) groups excluding carboxylic acids is 1. The van der Waals surface area contributed by atoms with E-state index in [1.165, 1.54) is 30.3 Å². The van der Waals surface area contributed by atoms with E-state index in [2.05, 4.69) is 15.5 Å². The molecule has 1 unspecified atom stereocenters. The summed E-state index contributed by atoms with van der Waals surface area (Å²) in [5.41, 5.74) is 1.36. The molecule has 3 aromatic carbocycles. The zero-order chi connectivity index (χ0) is 29.1. The zero-order valence-corrected chi connectivity index (χ0v) is 23.4. The molecule has 0 saturated carbocycles. The Morgan fingerprint density at radius 3 is 2.78 bits per heavy atom. The zero-order valence-electron chi connectivity index (χ0n) is 21.9. The fraction of sp³-hybridized carbons (Fsp3) is 0.241. The van der Waals surface area contributed by atoms with Crippen LogP contribution in [0, 0.1) is 17.1 Å². The highest BCUT2D eigenvalue weighted by Gasteiger charge is 2.32. The lowest BCUT2D eigenvalue weighted by Gasteiger charge is -2.17. The molecule has 12 heteroatoms. The standard InChI is InChI=1S/C29H23Cl2FN4O5/c1-29(2)38-15-22(41-29)14-34-27(37)18-4-3-5-19(10-18)28-36-35-24(40-28)11-17-6-7-23(31)26(25(17)32)39-21-9-16(13-33)8-20(30)12-21/h3-10,12,22H,11,14-15H2,1-2H3,(H,34,37). The number of nitrogens with one attached hydrogen (secondary N) is 1. The molecule has 1 N–H and O–H groups in total. The second-order valence-electron chi connectivity index (χ2n) is 9.66. The van der Waals surface area contributed by atoms with Crippen LogP contribution in [0.5, 0.6) is 11.5 Å². The number of benzene rings is 3. The van der Waals surface area contributed by atoms with Gasteiger partial charge in [-0.15, -0.1) is 10.2 Å². The maximum atomic E-state index is 15.4. The van der Waals surface area contributed by atoms with Crippen molar-refractivity contribution < 1.29 is 27.8 Å². The Kier molecular flexibility index (Phi) is 8.24. The summed E-state index contributed by atoms with van der Waals surface area (Å²) in [5.74, 6) is -1.47. The number of hydrogen-bond donors (Lipinski definition) is 1. The Hall–Kier alpha value is -4.01. The molecule has 210 valence electrons. The Balaban J connectivity index is 1.28. The molecule has 0 bridgehead atoms. The van der Waals surface area contributed by atoms with Gasteiger partial charge in [-0.1, -0.05) is 35.3 Å². The van der Waals surface area contributed by atoms with Gasteiger partial charge in [0.25, 0.3) is 5.91 Å². The number of amides is 1. The SMILES string of the molecule is CC1(C)OCC(CNC(=O)c2cccc(-c3nnc(Cc4ccc(Cl)c(Oc5cc(Cl)cc(C#N)c5)c4F)o3)c2)O1. The highest BCUT2D eigenvalue weighted by Crippen LogP contribution is 2.36. The van der Waals surface area contributed by atoms with Gasteiger partial charge in [-0.2, -0.15) is 5.26 Å². The third-order valence-electron chi connectivity index (χ3n) is 6.09. The van der Waals surface area contributed by atoms with Gasteiger partial charge >= 0.3 is 0 Å². The fourth-order valence-corrected chi connectivity index (χ4v) is 4.59. The largest absolute Gasteiger partial charge is 0.453 e. The normalized spacial score (nSPS) is 15.9. The third-order valence-corrected chi connectivity index (χ3v) is 6.60. The van der Waals surface area contributed by atoms with Crippen molar-refractivity contribution in [1.29, 1.82) is 5.26 Å². The molecule has 5 rings (SSSR count). The van der Waals surface area contributed by atoms with Gasteiger partial charge in [-0.3, -0.25) is 4.79 Å². The predicted molar refractivity (Wildman–Crippen MR) is 147 cm³/mol. The molecule has 1 aliphatic heterocycles. The van der Waals surface area contributed by atoms with Crippen LogP contribution in [0.2, 0.25) is 10.0 Å². The van der Waals surface area contributed by atoms with Crippen LogP contribution >= 0.6 is 23.2 Å². The van der Waals surface area contributed by atoms with Crippen LogP contribution in [0.1, 0.15) is 41.2 Å². The highest BCUT2D eigenvalue weighted by atomic mass is 35.5. The predicted octanol–water partition coefficient (Wildman–Crippen LogP) is 6.32. The van der Waals surface area contributed by atoms with E-state index in [0.29, 0.717) is 24.3 Å². The minimum absolute atomic E-state index is 0.0294. The Morgan fingerprint density at radius 2 is 2.02 bits per heavy atom. The van der Waals surface area contributed by atoms with Crippen molar-refractivity contribution in [2.75, 3.05) is 13.2 Å². The van der Waals surface area contributed by atoms with Crippen molar-refractivity contribution in [2.45, 2.75) is 32.2 Å². The summed E-state index contributed by atoms with van der Waals surface area (Å²) >= 11 is 12.2. The molecule has 1 fully saturated rings. The van der Waals surface area contributed by atoms with Gasteiger partial charge in [0, 0.05) is 28.3 Å². The molecule has 1 atom stereocenters. The molecular weight excluding hydrogens is 574 g/mol. The molecular formula is C29H23Cl2FN4O5. The van der Waals surface area contributed by atoms with Crippen molar-refractivity contribution in [3.8, 4) is 29.0 Å². The first-order valence-corrected chi connectivity index (χ1v) is 13.2. The van der Waals surface area contributed by atoms with E-state index in [4.69, 9.17) is 47.1 Å². The van der Waals surface area contributed by atoms with E-state index < -0.39 is 11.6 Å². The minimum Gasteiger partial charge on any atom is -0.453 e. The Bertz CT molecular complexity index is 1650. The van der Waals surface area contributed by atoms with E-state index in [1.54, 1.807) is 24.3 Å². The van der Waals surface area contributed by atoms with E-state index in [-0.39, 0.29) is 62.9 Å². The van der Waals surface area contributed by atoms with Crippen LogP contribution in [-0.4, -0.2) is 41.1 Å².